The molecular formula is C28H32ClFN2O4. The van der Waals surface area contributed by atoms with Crippen LogP contribution in [0.5, 0.6) is 11.5 Å². The number of hydrogen-bond donors (Lipinski definition) is 1. The lowest BCUT2D eigenvalue weighted by Crippen LogP contribution is -2.42. The van der Waals surface area contributed by atoms with Crippen LogP contribution in [0.4, 0.5) is 4.39 Å². The number of carbonyl (C=O) groups excluding carboxylic acids is 2. The molecule has 2 aromatic rings. The fraction of sp³-hybridized carbons (Fsp3) is 0.500. The van der Waals surface area contributed by atoms with Gasteiger partial charge in [-0.15, -0.1) is 0 Å². The number of nitrogens with zero attached hydrogens (tertiary/aromatic N) is 1. The minimum atomic E-state index is -0.561. The molecule has 2 amide bonds. The van der Waals surface area contributed by atoms with Crippen molar-refractivity contribution in [3.05, 3.63) is 58.4 Å². The highest BCUT2D eigenvalue weighted by atomic mass is 35.5. The predicted octanol–water partition coefficient (Wildman–Crippen LogP) is 5.48. The van der Waals surface area contributed by atoms with Crippen molar-refractivity contribution in [2.75, 3.05) is 26.8 Å². The molecule has 6 nitrogen and oxygen atoms in total. The Bertz CT molecular complexity index is 1140. The molecular weight excluding hydrogens is 483 g/mol. The summed E-state index contributed by atoms with van der Waals surface area (Å²) in [5, 5.41) is 3.51. The third-order valence-corrected chi connectivity index (χ3v) is 8.10. The minimum Gasteiger partial charge on any atom is -0.496 e. The quantitative estimate of drug-likeness (QED) is 0.531. The molecule has 0 aromatic heterocycles. The van der Waals surface area contributed by atoms with Gasteiger partial charge >= 0.3 is 0 Å². The minimum absolute atomic E-state index is 0.00825. The Hall–Kier alpha value is -2.80. The maximum Gasteiger partial charge on any atom is 0.257 e. The van der Waals surface area contributed by atoms with Crippen molar-refractivity contribution in [2.24, 2.45) is 11.3 Å². The van der Waals surface area contributed by atoms with Crippen molar-refractivity contribution < 1.29 is 23.5 Å². The normalized spacial score (nSPS) is 23.5. The summed E-state index contributed by atoms with van der Waals surface area (Å²) in [4.78, 5) is 27.8. The van der Waals surface area contributed by atoms with E-state index in [4.69, 9.17) is 21.1 Å². The van der Waals surface area contributed by atoms with Gasteiger partial charge in [0.2, 0.25) is 0 Å². The SMILES string of the molecule is COc1ccc(Cl)cc1C(=O)N1CCC2(CCC(NC(=O)c3ccc(OCC4CC4)cc3F)CC2)C1. The Kier molecular flexibility index (Phi) is 7.11. The largest absolute Gasteiger partial charge is 0.496 e. The summed E-state index contributed by atoms with van der Waals surface area (Å²) in [6.45, 7) is 1.97. The molecule has 36 heavy (non-hydrogen) atoms. The average molecular weight is 515 g/mol. The van der Waals surface area contributed by atoms with E-state index in [0.29, 0.717) is 47.7 Å². The first-order chi connectivity index (χ1) is 17.4. The molecule has 3 aliphatic rings. The first-order valence-electron chi connectivity index (χ1n) is 12.7. The van der Waals surface area contributed by atoms with Gasteiger partial charge < -0.3 is 19.7 Å². The lowest BCUT2D eigenvalue weighted by Gasteiger charge is -2.37. The molecule has 0 radical (unpaired) electrons. The fourth-order valence-corrected chi connectivity index (χ4v) is 5.61. The first-order valence-corrected chi connectivity index (χ1v) is 13.1. The van der Waals surface area contributed by atoms with Crippen molar-refractivity contribution >= 4 is 23.4 Å². The monoisotopic (exact) mass is 514 g/mol. The highest BCUT2D eigenvalue weighted by Crippen LogP contribution is 2.44. The highest BCUT2D eigenvalue weighted by molar-refractivity contribution is 6.31. The van der Waals surface area contributed by atoms with Gasteiger partial charge in [0.25, 0.3) is 11.8 Å². The number of hydrogen-bond acceptors (Lipinski definition) is 4. The average Bonchev–Trinajstić information content (AvgIpc) is 3.62. The van der Waals surface area contributed by atoms with Crippen LogP contribution in [0.3, 0.4) is 0 Å². The standard InChI is InChI=1S/C28H32ClFN2O4/c1-35-25-7-4-19(29)14-23(25)27(34)32-13-12-28(17-32)10-8-20(9-11-28)31-26(33)22-6-5-21(15-24(22)30)36-16-18-2-3-18/h4-7,14-15,18,20H,2-3,8-13,16-17H2,1H3,(H,31,33). The Morgan fingerprint density at radius 3 is 2.56 bits per heavy atom. The Morgan fingerprint density at radius 2 is 1.86 bits per heavy atom. The summed E-state index contributed by atoms with van der Waals surface area (Å²) in [6.07, 6.45) is 6.68. The van der Waals surface area contributed by atoms with E-state index in [0.717, 1.165) is 44.9 Å². The van der Waals surface area contributed by atoms with Crippen molar-refractivity contribution in [1.29, 1.82) is 0 Å². The number of likely N-dealkylation sites (tertiary alicyclic amines) is 1. The molecule has 2 aromatic carbocycles. The number of rotatable bonds is 7. The van der Waals surface area contributed by atoms with E-state index in [1.54, 1.807) is 31.4 Å². The Morgan fingerprint density at radius 1 is 1.08 bits per heavy atom. The molecule has 1 aliphatic heterocycles. The Labute approximate surface area is 216 Å². The third-order valence-electron chi connectivity index (χ3n) is 7.87. The second kappa shape index (κ2) is 10.3. The second-order valence-corrected chi connectivity index (χ2v) is 10.9. The van der Waals surface area contributed by atoms with Crippen LogP contribution in [0.1, 0.15) is 65.7 Å². The van der Waals surface area contributed by atoms with E-state index >= 15 is 0 Å². The van der Waals surface area contributed by atoms with Crippen LogP contribution in [0, 0.1) is 17.2 Å². The smallest absolute Gasteiger partial charge is 0.257 e. The molecule has 1 saturated heterocycles. The number of methoxy groups -OCH3 is 1. The predicted molar refractivity (Wildman–Crippen MR) is 135 cm³/mol. The van der Waals surface area contributed by atoms with Crippen molar-refractivity contribution in [3.8, 4) is 11.5 Å². The number of amides is 2. The molecule has 0 unspecified atom stereocenters. The van der Waals surface area contributed by atoms with E-state index in [1.807, 2.05) is 4.90 Å². The number of benzene rings is 2. The van der Waals surface area contributed by atoms with Gasteiger partial charge in [-0.2, -0.15) is 0 Å². The summed E-state index contributed by atoms with van der Waals surface area (Å²) in [6, 6.07) is 9.54. The lowest BCUT2D eigenvalue weighted by molar-refractivity contribution is 0.0747. The number of ether oxygens (including phenoxy) is 2. The molecule has 192 valence electrons. The molecule has 1 spiro atoms. The van der Waals surface area contributed by atoms with Gasteiger partial charge in [0, 0.05) is 30.2 Å². The van der Waals surface area contributed by atoms with E-state index in [1.165, 1.54) is 12.1 Å². The maximum atomic E-state index is 14.6. The highest BCUT2D eigenvalue weighted by Gasteiger charge is 2.43. The summed E-state index contributed by atoms with van der Waals surface area (Å²) >= 11 is 6.12. The zero-order valence-electron chi connectivity index (χ0n) is 20.5. The van der Waals surface area contributed by atoms with E-state index in [-0.39, 0.29) is 22.9 Å². The zero-order valence-corrected chi connectivity index (χ0v) is 21.3. The van der Waals surface area contributed by atoms with Crippen LogP contribution in [0.2, 0.25) is 5.02 Å². The van der Waals surface area contributed by atoms with Crippen molar-refractivity contribution in [2.45, 2.75) is 51.0 Å². The first kappa shape index (κ1) is 24.9. The topological polar surface area (TPSA) is 67.9 Å². The molecule has 3 fully saturated rings. The summed E-state index contributed by atoms with van der Waals surface area (Å²) in [5.41, 5.74) is 0.574. The Balaban J connectivity index is 1.14. The van der Waals surface area contributed by atoms with Crippen LogP contribution < -0.4 is 14.8 Å². The fourth-order valence-electron chi connectivity index (χ4n) is 5.44. The van der Waals surface area contributed by atoms with Gasteiger partial charge in [-0.1, -0.05) is 11.6 Å². The maximum absolute atomic E-state index is 14.6. The van der Waals surface area contributed by atoms with Gasteiger partial charge in [-0.05, 0) is 86.6 Å². The van der Waals surface area contributed by atoms with Gasteiger partial charge in [-0.3, -0.25) is 9.59 Å². The van der Waals surface area contributed by atoms with Gasteiger partial charge in [0.15, 0.2) is 0 Å². The number of halogens is 2. The van der Waals surface area contributed by atoms with Crippen molar-refractivity contribution in [1.82, 2.24) is 10.2 Å². The van der Waals surface area contributed by atoms with E-state index in [2.05, 4.69) is 5.32 Å². The molecule has 2 aliphatic carbocycles. The van der Waals surface area contributed by atoms with E-state index < -0.39 is 11.7 Å². The molecule has 0 bridgehead atoms. The summed E-state index contributed by atoms with van der Waals surface area (Å²) in [7, 11) is 1.55. The van der Waals surface area contributed by atoms with Gasteiger partial charge in [-0.25, -0.2) is 4.39 Å². The van der Waals surface area contributed by atoms with Crippen LogP contribution >= 0.6 is 11.6 Å². The number of nitrogens with one attached hydrogen (secondary N) is 1. The van der Waals surface area contributed by atoms with E-state index in [9.17, 15) is 14.0 Å². The molecule has 5 rings (SSSR count). The van der Waals surface area contributed by atoms with Crippen molar-refractivity contribution in [3.63, 3.8) is 0 Å². The number of carbonyl (C=O) groups is 2. The second-order valence-electron chi connectivity index (χ2n) is 10.5. The zero-order chi connectivity index (χ0) is 25.3. The molecule has 2 saturated carbocycles. The molecule has 0 atom stereocenters. The lowest BCUT2D eigenvalue weighted by atomic mass is 9.72. The van der Waals surface area contributed by atoms with Crippen LogP contribution in [-0.4, -0.2) is 49.6 Å². The molecule has 1 heterocycles. The summed E-state index contributed by atoms with van der Waals surface area (Å²) < 4.78 is 25.6. The van der Waals surface area contributed by atoms with Gasteiger partial charge in [0.05, 0.1) is 24.8 Å². The van der Waals surface area contributed by atoms with Gasteiger partial charge in [0.1, 0.15) is 17.3 Å². The van der Waals surface area contributed by atoms with Crippen LogP contribution in [-0.2, 0) is 0 Å². The summed E-state index contributed by atoms with van der Waals surface area (Å²) in [5.74, 6) is 0.544. The van der Waals surface area contributed by atoms with Crippen LogP contribution in [0.25, 0.3) is 0 Å². The molecule has 8 heteroatoms. The third kappa shape index (κ3) is 5.46. The molecule has 1 N–H and O–H groups in total. The van der Waals surface area contributed by atoms with Crippen LogP contribution in [0.15, 0.2) is 36.4 Å².